The van der Waals surface area contributed by atoms with Gasteiger partial charge in [-0.05, 0) is 67.1 Å². The number of hydrogen-bond acceptors (Lipinski definition) is 5. The molecule has 0 spiro atoms. The number of nitrogens with one attached hydrogen (secondary N) is 1. The molecule has 5 rings (SSSR count). The molecular formula is C25H27N5O. The standard InChI is InChI=1S/C25H27N5O/c31-25(30-16-11-20-7-2-3-9-22(20)30)21-8-6-12-27-24(21)28-18-19-10-13-26-23(17-19)29-14-4-1-5-15-29/h2-3,6-10,12-13,17H,1,4-5,11,14-16,18H2,(H,27,28). The molecule has 158 valence electrons. The zero-order chi connectivity index (χ0) is 21.0. The highest BCUT2D eigenvalue weighted by molar-refractivity contribution is 6.10. The molecule has 1 N–H and O–H groups in total. The number of aromatic nitrogens is 2. The predicted octanol–water partition coefficient (Wildman–Crippen LogP) is 4.28. The van der Waals surface area contributed by atoms with Gasteiger partial charge in [-0.1, -0.05) is 18.2 Å². The summed E-state index contributed by atoms with van der Waals surface area (Å²) in [4.78, 5) is 26.6. The van der Waals surface area contributed by atoms with Gasteiger partial charge in [0.2, 0.25) is 0 Å². The SMILES string of the molecule is O=C(c1cccnc1NCc1ccnc(N2CCCCC2)c1)N1CCc2ccccc21. The summed E-state index contributed by atoms with van der Waals surface area (Å²) in [5, 5.41) is 3.38. The maximum absolute atomic E-state index is 13.3. The molecule has 1 fully saturated rings. The molecule has 1 amide bonds. The fourth-order valence-electron chi connectivity index (χ4n) is 4.47. The molecule has 2 aromatic heterocycles. The van der Waals surface area contributed by atoms with E-state index >= 15 is 0 Å². The lowest BCUT2D eigenvalue weighted by atomic mass is 10.1. The maximum atomic E-state index is 13.3. The van der Waals surface area contributed by atoms with Crippen molar-refractivity contribution in [2.75, 3.05) is 34.8 Å². The molecule has 31 heavy (non-hydrogen) atoms. The van der Waals surface area contributed by atoms with Crippen LogP contribution in [0.4, 0.5) is 17.3 Å². The van der Waals surface area contributed by atoms with Gasteiger partial charge in [-0.2, -0.15) is 0 Å². The van der Waals surface area contributed by atoms with Crippen LogP contribution in [0, 0.1) is 0 Å². The summed E-state index contributed by atoms with van der Waals surface area (Å²) in [5.74, 6) is 1.64. The summed E-state index contributed by atoms with van der Waals surface area (Å²) in [6.45, 7) is 3.44. The summed E-state index contributed by atoms with van der Waals surface area (Å²) >= 11 is 0. The number of pyridine rings is 2. The van der Waals surface area contributed by atoms with Crippen LogP contribution in [0.1, 0.15) is 40.7 Å². The number of anilines is 3. The Morgan fingerprint density at radius 2 is 1.81 bits per heavy atom. The number of amides is 1. The highest BCUT2D eigenvalue weighted by Gasteiger charge is 2.27. The van der Waals surface area contributed by atoms with E-state index in [1.807, 2.05) is 47.5 Å². The Kier molecular flexibility index (Phi) is 5.52. The molecule has 0 saturated carbocycles. The molecule has 6 heteroatoms. The van der Waals surface area contributed by atoms with Gasteiger partial charge in [-0.15, -0.1) is 0 Å². The van der Waals surface area contributed by atoms with Crippen molar-refractivity contribution in [2.24, 2.45) is 0 Å². The minimum Gasteiger partial charge on any atom is -0.365 e. The van der Waals surface area contributed by atoms with Crippen LogP contribution in [-0.4, -0.2) is 35.5 Å². The highest BCUT2D eigenvalue weighted by atomic mass is 16.2. The van der Waals surface area contributed by atoms with Crippen LogP contribution >= 0.6 is 0 Å². The Bertz CT molecular complexity index is 1080. The average molecular weight is 414 g/mol. The first-order valence-corrected chi connectivity index (χ1v) is 11.1. The minimum absolute atomic E-state index is 0.00992. The van der Waals surface area contributed by atoms with E-state index in [1.54, 1.807) is 6.20 Å². The van der Waals surface area contributed by atoms with Crippen LogP contribution in [-0.2, 0) is 13.0 Å². The molecule has 0 radical (unpaired) electrons. The Balaban J connectivity index is 1.32. The van der Waals surface area contributed by atoms with Crippen LogP contribution in [0.15, 0.2) is 60.9 Å². The number of para-hydroxylation sites is 1. The van der Waals surface area contributed by atoms with Gasteiger partial charge in [-0.3, -0.25) is 4.79 Å². The van der Waals surface area contributed by atoms with Gasteiger partial charge in [0, 0.05) is 44.3 Å². The van der Waals surface area contributed by atoms with E-state index in [1.165, 1.54) is 24.8 Å². The largest absolute Gasteiger partial charge is 0.365 e. The van der Waals surface area contributed by atoms with E-state index in [9.17, 15) is 4.79 Å². The van der Waals surface area contributed by atoms with Crippen LogP contribution < -0.4 is 15.1 Å². The second kappa shape index (κ2) is 8.76. The summed E-state index contributed by atoms with van der Waals surface area (Å²) in [6, 6.07) is 15.9. The second-order valence-electron chi connectivity index (χ2n) is 8.16. The van der Waals surface area contributed by atoms with Crippen LogP contribution in [0.5, 0.6) is 0 Å². The lowest BCUT2D eigenvalue weighted by Gasteiger charge is -2.28. The molecule has 6 nitrogen and oxygen atoms in total. The van der Waals surface area contributed by atoms with Crippen molar-refractivity contribution in [3.63, 3.8) is 0 Å². The number of carbonyl (C=O) groups is 1. The zero-order valence-corrected chi connectivity index (χ0v) is 17.6. The van der Waals surface area contributed by atoms with E-state index in [4.69, 9.17) is 0 Å². The number of piperidine rings is 1. The molecule has 3 aromatic rings. The van der Waals surface area contributed by atoms with Gasteiger partial charge < -0.3 is 15.1 Å². The third-order valence-corrected chi connectivity index (χ3v) is 6.12. The molecule has 0 aliphatic carbocycles. The summed E-state index contributed by atoms with van der Waals surface area (Å²) < 4.78 is 0. The van der Waals surface area contributed by atoms with Crippen molar-refractivity contribution in [1.82, 2.24) is 9.97 Å². The molecule has 1 saturated heterocycles. The molecule has 1 aromatic carbocycles. The van der Waals surface area contributed by atoms with Gasteiger partial charge in [-0.25, -0.2) is 9.97 Å². The van der Waals surface area contributed by atoms with Gasteiger partial charge in [0.1, 0.15) is 11.6 Å². The quantitative estimate of drug-likeness (QED) is 0.676. The first kappa shape index (κ1) is 19.5. The molecule has 0 unspecified atom stereocenters. The molecule has 0 atom stereocenters. The number of rotatable bonds is 5. The predicted molar refractivity (Wildman–Crippen MR) is 124 cm³/mol. The van der Waals surface area contributed by atoms with Gasteiger partial charge >= 0.3 is 0 Å². The summed E-state index contributed by atoms with van der Waals surface area (Å²) in [6.07, 6.45) is 8.23. The van der Waals surface area contributed by atoms with E-state index in [0.29, 0.717) is 24.5 Å². The lowest BCUT2D eigenvalue weighted by Crippen LogP contribution is -2.30. The smallest absolute Gasteiger partial charge is 0.262 e. The normalized spacial score (nSPS) is 15.6. The van der Waals surface area contributed by atoms with E-state index in [0.717, 1.165) is 36.6 Å². The number of carbonyl (C=O) groups excluding carboxylic acids is 1. The lowest BCUT2D eigenvalue weighted by molar-refractivity contribution is 0.0990. The monoisotopic (exact) mass is 413 g/mol. The number of nitrogens with zero attached hydrogens (tertiary/aromatic N) is 4. The fraction of sp³-hybridized carbons (Fsp3) is 0.320. The molecule has 2 aliphatic heterocycles. The van der Waals surface area contributed by atoms with Crippen molar-refractivity contribution in [3.05, 3.63) is 77.6 Å². The van der Waals surface area contributed by atoms with Crippen molar-refractivity contribution in [3.8, 4) is 0 Å². The van der Waals surface area contributed by atoms with Crippen molar-refractivity contribution < 1.29 is 4.79 Å². The van der Waals surface area contributed by atoms with Gasteiger partial charge in [0.25, 0.3) is 5.91 Å². The Hall–Kier alpha value is -3.41. The van der Waals surface area contributed by atoms with Crippen LogP contribution in [0.3, 0.4) is 0 Å². The summed E-state index contributed by atoms with van der Waals surface area (Å²) in [7, 11) is 0. The fourth-order valence-corrected chi connectivity index (χ4v) is 4.47. The molecule has 0 bridgehead atoms. The van der Waals surface area contributed by atoms with Gasteiger partial charge in [0.15, 0.2) is 0 Å². The third kappa shape index (κ3) is 4.10. The first-order chi connectivity index (χ1) is 15.3. The average Bonchev–Trinajstić information content (AvgIpc) is 3.27. The maximum Gasteiger partial charge on any atom is 0.262 e. The van der Waals surface area contributed by atoms with Crippen molar-refractivity contribution >= 4 is 23.2 Å². The Labute approximate surface area is 182 Å². The van der Waals surface area contributed by atoms with Crippen LogP contribution in [0.25, 0.3) is 0 Å². The Morgan fingerprint density at radius 1 is 0.935 bits per heavy atom. The summed E-state index contributed by atoms with van der Waals surface area (Å²) in [5.41, 5.74) is 3.95. The molecular weight excluding hydrogens is 386 g/mol. The van der Waals surface area contributed by atoms with Crippen LogP contribution in [0.2, 0.25) is 0 Å². The van der Waals surface area contributed by atoms with E-state index in [-0.39, 0.29) is 5.91 Å². The van der Waals surface area contributed by atoms with Crippen molar-refractivity contribution in [1.29, 1.82) is 0 Å². The first-order valence-electron chi connectivity index (χ1n) is 11.1. The topological polar surface area (TPSA) is 61.4 Å². The molecule has 2 aliphatic rings. The number of hydrogen-bond donors (Lipinski definition) is 1. The number of benzene rings is 1. The molecule has 4 heterocycles. The van der Waals surface area contributed by atoms with E-state index in [2.05, 4.69) is 32.3 Å². The minimum atomic E-state index is -0.00992. The zero-order valence-electron chi connectivity index (χ0n) is 17.6. The van der Waals surface area contributed by atoms with Crippen molar-refractivity contribution in [2.45, 2.75) is 32.2 Å². The highest BCUT2D eigenvalue weighted by Crippen LogP contribution is 2.30. The Morgan fingerprint density at radius 3 is 2.71 bits per heavy atom. The van der Waals surface area contributed by atoms with Gasteiger partial charge in [0.05, 0.1) is 5.56 Å². The number of fused-ring (bicyclic) bond motifs is 1. The second-order valence-corrected chi connectivity index (χ2v) is 8.16. The van der Waals surface area contributed by atoms with E-state index < -0.39 is 0 Å². The third-order valence-electron chi connectivity index (χ3n) is 6.12.